The van der Waals surface area contributed by atoms with Crippen LogP contribution in [-0.2, 0) is 4.79 Å². The van der Waals surface area contributed by atoms with Crippen molar-refractivity contribution >= 4 is 17.6 Å². The smallest absolute Gasteiger partial charge is 0.319 e. The molecule has 0 aromatic heterocycles. The number of carbonyl (C=O) groups excluding carboxylic acids is 2. The number of halogens is 1. The molecule has 0 aliphatic carbocycles. The number of benzene rings is 1. The maximum atomic E-state index is 13.1. The summed E-state index contributed by atoms with van der Waals surface area (Å²) in [6, 6.07) is 5.72. The maximum absolute atomic E-state index is 13.1. The molecule has 5 nitrogen and oxygen atoms in total. The number of nitrogens with zero attached hydrogens (tertiary/aromatic N) is 2. The zero-order chi connectivity index (χ0) is 15.4. The van der Waals surface area contributed by atoms with Crippen molar-refractivity contribution < 1.29 is 14.0 Å². The number of hydrogen-bond acceptors (Lipinski definition) is 2. The molecule has 1 aliphatic rings. The van der Waals surface area contributed by atoms with Crippen molar-refractivity contribution in [1.29, 1.82) is 0 Å². The summed E-state index contributed by atoms with van der Waals surface area (Å²) < 4.78 is 13.1. The average molecular weight is 293 g/mol. The van der Waals surface area contributed by atoms with E-state index in [9.17, 15) is 14.0 Å². The van der Waals surface area contributed by atoms with Gasteiger partial charge in [0.1, 0.15) is 5.82 Å². The van der Waals surface area contributed by atoms with Gasteiger partial charge in [-0.1, -0.05) is 6.07 Å². The molecule has 0 spiro atoms. The van der Waals surface area contributed by atoms with Gasteiger partial charge in [0.15, 0.2) is 0 Å². The van der Waals surface area contributed by atoms with Crippen molar-refractivity contribution in [2.45, 2.75) is 12.8 Å². The molecule has 1 fully saturated rings. The molecular weight excluding hydrogens is 273 g/mol. The number of rotatable bonds is 2. The number of nitrogens with one attached hydrogen (secondary N) is 1. The first kappa shape index (κ1) is 15.3. The summed E-state index contributed by atoms with van der Waals surface area (Å²) in [7, 11) is 3.39. The molecule has 114 valence electrons. The fraction of sp³-hybridized carbons (Fsp3) is 0.467. The molecule has 1 aromatic carbocycles. The van der Waals surface area contributed by atoms with E-state index in [1.165, 1.54) is 17.0 Å². The summed E-state index contributed by atoms with van der Waals surface area (Å²) in [5.41, 5.74) is 0.441. The van der Waals surface area contributed by atoms with Crippen molar-refractivity contribution in [3.8, 4) is 0 Å². The van der Waals surface area contributed by atoms with Gasteiger partial charge in [-0.25, -0.2) is 9.18 Å². The molecule has 6 heteroatoms. The van der Waals surface area contributed by atoms with Gasteiger partial charge in [0.2, 0.25) is 5.91 Å². The molecule has 1 N–H and O–H groups in total. The SMILES string of the molecule is CN(C)C(=O)N1CCC[C@H](C(=O)Nc2cccc(F)c2)C1. The van der Waals surface area contributed by atoms with Gasteiger partial charge in [0, 0.05) is 32.9 Å². The van der Waals surface area contributed by atoms with Crippen LogP contribution in [0.3, 0.4) is 0 Å². The number of piperidine rings is 1. The zero-order valence-electron chi connectivity index (χ0n) is 12.3. The minimum absolute atomic E-state index is 0.0849. The topological polar surface area (TPSA) is 52.7 Å². The van der Waals surface area contributed by atoms with Crippen molar-refractivity contribution in [1.82, 2.24) is 9.80 Å². The molecule has 21 heavy (non-hydrogen) atoms. The summed E-state index contributed by atoms with van der Waals surface area (Å²) in [5.74, 6) is -0.816. The fourth-order valence-corrected chi connectivity index (χ4v) is 2.46. The minimum atomic E-state index is -0.388. The van der Waals surface area contributed by atoms with Crippen LogP contribution in [0.15, 0.2) is 24.3 Å². The number of urea groups is 1. The van der Waals surface area contributed by atoms with Crippen LogP contribution < -0.4 is 5.32 Å². The van der Waals surface area contributed by atoms with Crippen LogP contribution in [0.2, 0.25) is 0 Å². The Labute approximate surface area is 123 Å². The third-order valence-corrected chi connectivity index (χ3v) is 3.54. The number of hydrogen-bond donors (Lipinski definition) is 1. The summed E-state index contributed by atoms with van der Waals surface area (Å²) >= 11 is 0. The predicted octanol–water partition coefficient (Wildman–Crippen LogP) is 2.16. The minimum Gasteiger partial charge on any atom is -0.331 e. The van der Waals surface area contributed by atoms with E-state index >= 15 is 0 Å². The third kappa shape index (κ3) is 3.93. The van der Waals surface area contributed by atoms with Crippen LogP contribution in [0.1, 0.15) is 12.8 Å². The average Bonchev–Trinajstić information content (AvgIpc) is 2.46. The highest BCUT2D eigenvalue weighted by molar-refractivity contribution is 5.93. The Balaban J connectivity index is 1.97. The number of amides is 3. The first-order valence-electron chi connectivity index (χ1n) is 7.00. The lowest BCUT2D eigenvalue weighted by molar-refractivity contribution is -0.121. The quantitative estimate of drug-likeness (QED) is 0.908. The summed E-state index contributed by atoms with van der Waals surface area (Å²) in [4.78, 5) is 27.4. The van der Waals surface area contributed by atoms with Crippen LogP contribution in [0.5, 0.6) is 0 Å². The van der Waals surface area contributed by atoms with Gasteiger partial charge >= 0.3 is 6.03 Å². The molecule has 0 unspecified atom stereocenters. The van der Waals surface area contributed by atoms with Crippen LogP contribution in [-0.4, -0.2) is 48.9 Å². The highest BCUT2D eigenvalue weighted by Crippen LogP contribution is 2.20. The van der Waals surface area contributed by atoms with E-state index in [1.807, 2.05) is 0 Å². The van der Waals surface area contributed by atoms with Crippen molar-refractivity contribution in [2.24, 2.45) is 5.92 Å². The molecule has 0 saturated carbocycles. The number of likely N-dealkylation sites (tertiary alicyclic amines) is 1. The molecule has 3 amide bonds. The van der Waals surface area contributed by atoms with Gasteiger partial charge < -0.3 is 15.1 Å². The Morgan fingerprint density at radius 3 is 2.81 bits per heavy atom. The summed E-state index contributed by atoms with van der Waals surface area (Å²) in [6.07, 6.45) is 1.53. The van der Waals surface area contributed by atoms with Crippen LogP contribution in [0.25, 0.3) is 0 Å². The van der Waals surface area contributed by atoms with Crippen LogP contribution in [0, 0.1) is 11.7 Å². The zero-order valence-corrected chi connectivity index (χ0v) is 12.3. The lowest BCUT2D eigenvalue weighted by atomic mass is 9.97. The second-order valence-electron chi connectivity index (χ2n) is 5.46. The fourth-order valence-electron chi connectivity index (χ4n) is 2.46. The van der Waals surface area contributed by atoms with Crippen molar-refractivity contribution in [3.05, 3.63) is 30.1 Å². The maximum Gasteiger partial charge on any atom is 0.319 e. The largest absolute Gasteiger partial charge is 0.331 e. The Morgan fingerprint density at radius 2 is 2.14 bits per heavy atom. The molecule has 2 rings (SSSR count). The Hall–Kier alpha value is -2.11. The number of anilines is 1. The first-order valence-corrected chi connectivity index (χ1v) is 7.00. The van der Waals surface area contributed by atoms with Gasteiger partial charge in [-0.15, -0.1) is 0 Å². The van der Waals surface area contributed by atoms with E-state index in [1.54, 1.807) is 31.1 Å². The second kappa shape index (κ2) is 6.56. The highest BCUT2D eigenvalue weighted by atomic mass is 19.1. The second-order valence-corrected chi connectivity index (χ2v) is 5.46. The summed E-state index contributed by atoms with van der Waals surface area (Å²) in [5, 5.41) is 2.71. The molecular formula is C15H20FN3O2. The lowest BCUT2D eigenvalue weighted by Gasteiger charge is -2.33. The standard InChI is InChI=1S/C15H20FN3O2/c1-18(2)15(21)19-8-4-5-11(10-19)14(20)17-13-7-3-6-12(16)9-13/h3,6-7,9,11H,4-5,8,10H2,1-2H3,(H,17,20)/t11-/m0/s1. The van der Waals surface area contributed by atoms with E-state index in [2.05, 4.69) is 5.32 Å². The van der Waals surface area contributed by atoms with E-state index in [0.717, 1.165) is 12.8 Å². The normalized spacial score (nSPS) is 18.2. The third-order valence-electron chi connectivity index (χ3n) is 3.54. The molecule has 1 atom stereocenters. The highest BCUT2D eigenvalue weighted by Gasteiger charge is 2.29. The van der Waals surface area contributed by atoms with Gasteiger partial charge in [0.05, 0.1) is 5.92 Å². The molecule has 0 radical (unpaired) electrons. The monoisotopic (exact) mass is 293 g/mol. The Bertz CT molecular complexity index is 533. The van der Waals surface area contributed by atoms with Crippen LogP contribution in [0.4, 0.5) is 14.9 Å². The molecule has 1 aliphatic heterocycles. The Morgan fingerprint density at radius 1 is 1.38 bits per heavy atom. The molecule has 1 aromatic rings. The van der Waals surface area contributed by atoms with Crippen molar-refractivity contribution in [2.75, 3.05) is 32.5 Å². The van der Waals surface area contributed by atoms with Crippen molar-refractivity contribution in [3.63, 3.8) is 0 Å². The number of carbonyl (C=O) groups is 2. The predicted molar refractivity (Wildman–Crippen MR) is 78.4 cm³/mol. The lowest BCUT2D eigenvalue weighted by Crippen LogP contribution is -2.47. The van der Waals surface area contributed by atoms with E-state index in [0.29, 0.717) is 18.8 Å². The van der Waals surface area contributed by atoms with Gasteiger partial charge in [-0.3, -0.25) is 4.79 Å². The van der Waals surface area contributed by atoms with Gasteiger partial charge in [0.25, 0.3) is 0 Å². The van der Waals surface area contributed by atoms with Gasteiger partial charge in [-0.2, -0.15) is 0 Å². The Kier molecular flexibility index (Phi) is 4.77. The first-order chi connectivity index (χ1) is 9.97. The molecule has 1 saturated heterocycles. The van der Waals surface area contributed by atoms with E-state index < -0.39 is 0 Å². The molecule has 0 bridgehead atoms. The van der Waals surface area contributed by atoms with E-state index in [-0.39, 0.29) is 23.7 Å². The molecule has 1 heterocycles. The van der Waals surface area contributed by atoms with E-state index in [4.69, 9.17) is 0 Å². The van der Waals surface area contributed by atoms with Crippen LogP contribution >= 0.6 is 0 Å². The van der Waals surface area contributed by atoms with Gasteiger partial charge in [-0.05, 0) is 31.0 Å². The summed E-state index contributed by atoms with van der Waals surface area (Å²) in [6.45, 7) is 1.07.